The van der Waals surface area contributed by atoms with Crippen LogP contribution in [-0.4, -0.2) is 23.1 Å². The van der Waals surface area contributed by atoms with Crippen LogP contribution in [0.25, 0.3) is 0 Å². The molecule has 0 amide bonds. The zero-order chi connectivity index (χ0) is 15.9. The molecule has 4 nitrogen and oxygen atoms in total. The van der Waals surface area contributed by atoms with Gasteiger partial charge in [-0.2, -0.15) is 0 Å². The van der Waals surface area contributed by atoms with Gasteiger partial charge in [0.2, 0.25) is 0 Å². The van der Waals surface area contributed by atoms with Crippen molar-refractivity contribution in [3.8, 4) is 0 Å². The van der Waals surface area contributed by atoms with Crippen LogP contribution >= 0.6 is 12.2 Å². The second-order valence-corrected chi connectivity index (χ2v) is 5.73. The SMILES string of the molecule is COC(=O)c1noc(C2CC2)c1C(=S)c1ccc(F)cc1C. The van der Waals surface area contributed by atoms with Crippen LogP contribution in [0.1, 0.15) is 51.7 Å². The Morgan fingerprint density at radius 1 is 1.45 bits per heavy atom. The molecule has 2 aromatic rings. The summed E-state index contributed by atoms with van der Waals surface area (Å²) in [6, 6.07) is 4.36. The first-order chi connectivity index (χ1) is 10.5. The van der Waals surface area contributed by atoms with Crippen molar-refractivity contribution in [3.63, 3.8) is 0 Å². The molecule has 1 saturated carbocycles. The van der Waals surface area contributed by atoms with Crippen molar-refractivity contribution in [2.45, 2.75) is 25.7 Å². The number of hydrogen-bond acceptors (Lipinski definition) is 5. The van der Waals surface area contributed by atoms with Gasteiger partial charge in [-0.1, -0.05) is 23.4 Å². The van der Waals surface area contributed by atoms with Gasteiger partial charge in [0.1, 0.15) is 11.6 Å². The van der Waals surface area contributed by atoms with Crippen molar-refractivity contribution in [1.29, 1.82) is 0 Å². The van der Waals surface area contributed by atoms with Crippen LogP contribution in [0, 0.1) is 12.7 Å². The number of benzene rings is 1. The largest absolute Gasteiger partial charge is 0.464 e. The molecule has 22 heavy (non-hydrogen) atoms. The molecule has 1 aliphatic carbocycles. The molecule has 114 valence electrons. The predicted octanol–water partition coefficient (Wildman–Crippen LogP) is 3.55. The highest BCUT2D eigenvalue weighted by Gasteiger charge is 2.36. The molecule has 0 saturated heterocycles. The highest BCUT2D eigenvalue weighted by Crippen LogP contribution is 2.43. The summed E-state index contributed by atoms with van der Waals surface area (Å²) in [7, 11) is 1.28. The van der Waals surface area contributed by atoms with Gasteiger partial charge >= 0.3 is 5.97 Å². The summed E-state index contributed by atoms with van der Waals surface area (Å²) in [5.41, 5.74) is 1.97. The second kappa shape index (κ2) is 5.61. The van der Waals surface area contributed by atoms with E-state index in [2.05, 4.69) is 5.16 Å². The smallest absolute Gasteiger partial charge is 0.360 e. The number of carbonyl (C=O) groups is 1. The number of rotatable bonds is 4. The number of thiocarbonyl (C=S) groups is 1. The summed E-state index contributed by atoms with van der Waals surface area (Å²) >= 11 is 5.53. The van der Waals surface area contributed by atoms with E-state index in [9.17, 15) is 9.18 Å². The lowest BCUT2D eigenvalue weighted by atomic mass is 9.97. The molecule has 1 aromatic carbocycles. The highest BCUT2D eigenvalue weighted by molar-refractivity contribution is 7.81. The molecule has 0 radical (unpaired) electrons. The van der Waals surface area contributed by atoms with Crippen LogP contribution in [0.5, 0.6) is 0 Å². The standard InChI is InChI=1S/C16H14FNO3S/c1-8-7-10(17)5-6-11(8)15(22)12-13(16(19)20-2)18-21-14(12)9-3-4-9/h5-7,9H,3-4H2,1-2H3. The molecule has 0 N–H and O–H groups in total. The van der Waals surface area contributed by atoms with E-state index in [0.717, 1.165) is 12.8 Å². The van der Waals surface area contributed by atoms with Gasteiger partial charge in [0.05, 0.1) is 17.5 Å². The van der Waals surface area contributed by atoms with Gasteiger partial charge in [-0.25, -0.2) is 9.18 Å². The summed E-state index contributed by atoms with van der Waals surface area (Å²) in [4.78, 5) is 12.3. The maximum atomic E-state index is 13.3. The number of methoxy groups -OCH3 is 1. The van der Waals surface area contributed by atoms with E-state index in [1.165, 1.54) is 19.2 Å². The van der Waals surface area contributed by atoms with Crippen molar-refractivity contribution >= 4 is 23.1 Å². The van der Waals surface area contributed by atoms with Crippen LogP contribution < -0.4 is 0 Å². The van der Waals surface area contributed by atoms with E-state index in [1.54, 1.807) is 13.0 Å². The summed E-state index contributed by atoms with van der Waals surface area (Å²) in [6.07, 6.45) is 1.96. The van der Waals surface area contributed by atoms with E-state index in [4.69, 9.17) is 21.5 Å². The van der Waals surface area contributed by atoms with Gasteiger partial charge in [0.25, 0.3) is 0 Å². The zero-order valence-corrected chi connectivity index (χ0v) is 13.0. The lowest BCUT2D eigenvalue weighted by Crippen LogP contribution is -2.12. The topological polar surface area (TPSA) is 52.3 Å². The maximum Gasteiger partial charge on any atom is 0.360 e. The summed E-state index contributed by atoms with van der Waals surface area (Å²) < 4.78 is 23.4. The number of esters is 1. The minimum Gasteiger partial charge on any atom is -0.464 e. The summed E-state index contributed by atoms with van der Waals surface area (Å²) in [5.74, 6) is -0.0634. The Hall–Kier alpha value is -2.08. The molecule has 0 bridgehead atoms. The number of carbonyl (C=O) groups excluding carboxylic acids is 1. The zero-order valence-electron chi connectivity index (χ0n) is 12.2. The molecule has 0 spiro atoms. The Bertz CT molecular complexity index is 765. The molecule has 1 aliphatic rings. The average Bonchev–Trinajstić information content (AvgIpc) is 3.24. The Morgan fingerprint density at radius 2 is 2.18 bits per heavy atom. The lowest BCUT2D eigenvalue weighted by molar-refractivity contribution is 0.0589. The van der Waals surface area contributed by atoms with Crippen LogP contribution in [0.4, 0.5) is 4.39 Å². The molecule has 3 rings (SSSR count). The van der Waals surface area contributed by atoms with Gasteiger partial charge in [-0.3, -0.25) is 0 Å². The molecule has 0 aliphatic heterocycles. The molecular formula is C16H14FNO3S. The number of nitrogens with zero attached hydrogens (tertiary/aromatic N) is 1. The van der Waals surface area contributed by atoms with Crippen LogP contribution in [-0.2, 0) is 4.74 Å². The Morgan fingerprint density at radius 3 is 2.77 bits per heavy atom. The number of hydrogen-bond donors (Lipinski definition) is 0. The molecule has 1 aromatic heterocycles. The Labute approximate surface area is 132 Å². The second-order valence-electron chi connectivity index (χ2n) is 5.32. The van der Waals surface area contributed by atoms with E-state index in [-0.39, 0.29) is 17.4 Å². The molecule has 6 heteroatoms. The van der Waals surface area contributed by atoms with Gasteiger partial charge < -0.3 is 9.26 Å². The van der Waals surface area contributed by atoms with Crippen molar-refractivity contribution in [1.82, 2.24) is 5.16 Å². The average molecular weight is 319 g/mol. The third kappa shape index (κ3) is 2.54. The molecule has 1 heterocycles. The van der Waals surface area contributed by atoms with Gasteiger partial charge in [-0.15, -0.1) is 0 Å². The van der Waals surface area contributed by atoms with Gasteiger partial charge in [0, 0.05) is 5.92 Å². The first-order valence-electron chi connectivity index (χ1n) is 6.91. The number of ether oxygens (including phenoxy) is 1. The van der Waals surface area contributed by atoms with Crippen molar-refractivity contribution in [2.75, 3.05) is 7.11 Å². The Balaban J connectivity index is 2.11. The summed E-state index contributed by atoms with van der Waals surface area (Å²) in [5, 5.41) is 3.83. The Kier molecular flexibility index (Phi) is 3.78. The fourth-order valence-corrected chi connectivity index (χ4v) is 2.83. The fraction of sp³-hybridized carbons (Fsp3) is 0.312. The fourth-order valence-electron chi connectivity index (χ4n) is 2.40. The van der Waals surface area contributed by atoms with Crippen molar-refractivity contribution in [2.24, 2.45) is 0 Å². The number of aryl methyl sites for hydroxylation is 1. The maximum absolute atomic E-state index is 13.3. The third-order valence-corrected chi connectivity index (χ3v) is 4.13. The van der Waals surface area contributed by atoms with Gasteiger partial charge in [0.15, 0.2) is 5.69 Å². The minimum atomic E-state index is -0.590. The molecule has 0 unspecified atom stereocenters. The molecule has 0 atom stereocenters. The van der Waals surface area contributed by atoms with E-state index in [0.29, 0.717) is 27.3 Å². The summed E-state index contributed by atoms with van der Waals surface area (Å²) in [6.45, 7) is 1.77. The van der Waals surface area contributed by atoms with Crippen LogP contribution in [0.3, 0.4) is 0 Å². The third-order valence-electron chi connectivity index (χ3n) is 3.71. The minimum absolute atomic E-state index is 0.0816. The monoisotopic (exact) mass is 319 g/mol. The first kappa shape index (κ1) is 14.8. The van der Waals surface area contributed by atoms with E-state index < -0.39 is 5.97 Å². The van der Waals surface area contributed by atoms with E-state index in [1.807, 2.05) is 0 Å². The molecular weight excluding hydrogens is 305 g/mol. The van der Waals surface area contributed by atoms with Crippen molar-refractivity contribution < 1.29 is 18.4 Å². The quantitative estimate of drug-likeness (QED) is 0.490. The number of halogens is 1. The van der Waals surface area contributed by atoms with Crippen LogP contribution in [0.2, 0.25) is 0 Å². The lowest BCUT2D eigenvalue weighted by Gasteiger charge is -2.08. The van der Waals surface area contributed by atoms with Crippen LogP contribution in [0.15, 0.2) is 22.7 Å². The number of aromatic nitrogens is 1. The van der Waals surface area contributed by atoms with E-state index >= 15 is 0 Å². The van der Waals surface area contributed by atoms with Gasteiger partial charge in [-0.05, 0) is 43.0 Å². The highest BCUT2D eigenvalue weighted by atomic mass is 32.1. The molecule has 1 fully saturated rings. The van der Waals surface area contributed by atoms with Crippen molar-refractivity contribution in [3.05, 3.63) is 52.2 Å². The normalized spacial score (nSPS) is 14.0. The first-order valence-corrected chi connectivity index (χ1v) is 7.32. The predicted molar refractivity (Wildman–Crippen MR) is 81.8 cm³/mol.